The highest BCUT2D eigenvalue weighted by atomic mass is 28.4. The Balaban J connectivity index is -0.000000863. The average molecular weight is 777 g/mol. The van der Waals surface area contributed by atoms with Crippen molar-refractivity contribution in [3.05, 3.63) is 0 Å². The number of esters is 1. The van der Waals surface area contributed by atoms with Gasteiger partial charge in [-0.15, -0.1) is 0 Å². The molecule has 8 nitrogen and oxygen atoms in total. The van der Waals surface area contributed by atoms with Crippen LogP contribution in [0.4, 0.5) is 0 Å². The van der Waals surface area contributed by atoms with Gasteiger partial charge in [0.05, 0.1) is 24.4 Å². The molecule has 9 atom stereocenters. The Hall–Kier alpha value is -0.916. The molecule has 0 heterocycles. The number of aliphatic hydroxyl groups excluding tert-OH is 2. The van der Waals surface area contributed by atoms with Gasteiger partial charge in [0.25, 0.3) is 0 Å². The van der Waals surface area contributed by atoms with Gasteiger partial charge in [-0.2, -0.15) is 0 Å². The summed E-state index contributed by atoms with van der Waals surface area (Å²) in [6.07, 6.45) is -0.862. The van der Waals surface area contributed by atoms with E-state index >= 15 is 0 Å². The Morgan fingerprint density at radius 2 is 0.865 bits per heavy atom. The summed E-state index contributed by atoms with van der Waals surface area (Å²) in [5, 5.41) is 21.6. The first kappa shape index (κ1) is 55.4. The molecular formula is C42H88O8Si2. The van der Waals surface area contributed by atoms with E-state index in [0.717, 1.165) is 6.29 Å². The van der Waals surface area contributed by atoms with E-state index in [1.165, 1.54) is 13.8 Å². The van der Waals surface area contributed by atoms with Crippen molar-refractivity contribution in [2.75, 3.05) is 0 Å². The summed E-state index contributed by atoms with van der Waals surface area (Å²) in [5.74, 6) is -0.138. The van der Waals surface area contributed by atoms with Gasteiger partial charge in [-0.1, -0.05) is 125 Å². The van der Waals surface area contributed by atoms with Crippen LogP contribution in [0.25, 0.3) is 0 Å². The second-order valence-corrected chi connectivity index (χ2v) is 29.2. The van der Waals surface area contributed by atoms with E-state index in [0.29, 0.717) is 5.92 Å². The number of carbonyl (C=O) groups excluding carboxylic acids is 3. The third kappa shape index (κ3) is 18.1. The second-order valence-electron chi connectivity index (χ2n) is 19.7. The van der Waals surface area contributed by atoms with E-state index in [1.54, 1.807) is 0 Å². The van der Waals surface area contributed by atoms with Crippen LogP contribution in [0.2, 0.25) is 36.3 Å². The van der Waals surface area contributed by atoms with Crippen molar-refractivity contribution in [1.82, 2.24) is 0 Å². The molecule has 0 saturated carbocycles. The van der Waals surface area contributed by atoms with Gasteiger partial charge in [-0.25, -0.2) is 0 Å². The molecule has 10 heteroatoms. The fraction of sp³-hybridized carbons (Fsp3) is 0.929. The highest BCUT2D eigenvalue weighted by Gasteiger charge is 2.45. The first-order valence-corrected chi connectivity index (χ1v) is 25.7. The van der Waals surface area contributed by atoms with Crippen LogP contribution >= 0.6 is 0 Å². The number of ketones is 1. The number of carbonyl (C=O) groups is 3. The Morgan fingerprint density at radius 1 is 0.558 bits per heavy atom. The Kier molecular flexibility index (Phi) is 24.7. The summed E-state index contributed by atoms with van der Waals surface area (Å²) < 4.78 is 18.8. The van der Waals surface area contributed by atoms with Crippen molar-refractivity contribution in [1.29, 1.82) is 0 Å². The molecule has 0 aromatic carbocycles. The topological polar surface area (TPSA) is 119 Å². The van der Waals surface area contributed by atoms with Crippen LogP contribution in [0.15, 0.2) is 0 Å². The van der Waals surface area contributed by atoms with Crippen molar-refractivity contribution in [2.24, 2.45) is 47.3 Å². The molecule has 312 valence electrons. The van der Waals surface area contributed by atoms with Gasteiger partial charge in [0.1, 0.15) is 18.2 Å². The molecule has 0 bridgehead atoms. The van der Waals surface area contributed by atoms with Crippen molar-refractivity contribution in [3.8, 4) is 0 Å². The van der Waals surface area contributed by atoms with E-state index in [9.17, 15) is 19.8 Å². The summed E-state index contributed by atoms with van der Waals surface area (Å²) in [5.41, 5.74) is 0. The number of hydrogen-bond donors (Lipinski definition) is 2. The minimum absolute atomic E-state index is 0.0292. The number of rotatable bonds is 17. The zero-order chi connectivity index (χ0) is 42.5. The minimum atomic E-state index is -1.95. The lowest BCUT2D eigenvalue weighted by atomic mass is 9.80. The van der Waals surface area contributed by atoms with Gasteiger partial charge in [-0.3, -0.25) is 9.59 Å². The lowest BCUT2D eigenvalue weighted by Gasteiger charge is -2.44. The molecule has 52 heavy (non-hydrogen) atoms. The van der Waals surface area contributed by atoms with Crippen LogP contribution in [0.3, 0.4) is 0 Å². The largest absolute Gasteiger partial charge is 0.462 e. The van der Waals surface area contributed by atoms with Gasteiger partial charge < -0.3 is 28.6 Å². The minimum Gasteiger partial charge on any atom is -0.462 e. The molecule has 0 amide bonds. The normalized spacial score (nSPS) is 18.2. The Bertz CT molecular complexity index is 1030. The zero-order valence-electron chi connectivity index (χ0n) is 38.4. The maximum atomic E-state index is 12.8. The summed E-state index contributed by atoms with van der Waals surface area (Å²) in [6, 6.07) is 0. The van der Waals surface area contributed by atoms with Crippen LogP contribution in [0.5, 0.6) is 0 Å². The van der Waals surface area contributed by atoms with E-state index in [4.69, 9.17) is 18.4 Å². The number of aldehydes is 1. The van der Waals surface area contributed by atoms with Gasteiger partial charge in [-0.05, 0) is 66.9 Å². The second kappa shape index (κ2) is 23.2. The summed E-state index contributed by atoms with van der Waals surface area (Å²) in [6.45, 7) is 49.5. The summed E-state index contributed by atoms with van der Waals surface area (Å²) >= 11 is 0. The molecule has 0 rings (SSSR count). The monoisotopic (exact) mass is 777 g/mol. The molecule has 0 saturated heterocycles. The maximum Gasteiger partial charge on any atom is 0.302 e. The molecule has 0 aliphatic rings. The van der Waals surface area contributed by atoms with E-state index in [-0.39, 0.29) is 81.6 Å². The number of aliphatic hydroxyl groups is 2. The van der Waals surface area contributed by atoms with Gasteiger partial charge >= 0.3 is 5.97 Å². The van der Waals surface area contributed by atoms with Crippen molar-refractivity contribution in [2.45, 2.75) is 205 Å². The van der Waals surface area contributed by atoms with E-state index in [1.807, 2.05) is 48.5 Å². The van der Waals surface area contributed by atoms with Gasteiger partial charge in [0.2, 0.25) is 0 Å². The summed E-state index contributed by atoms with van der Waals surface area (Å²) in [4.78, 5) is 33.1. The Morgan fingerprint density at radius 3 is 1.13 bits per heavy atom. The average Bonchev–Trinajstić information content (AvgIpc) is 2.97. The van der Waals surface area contributed by atoms with Crippen molar-refractivity contribution in [3.63, 3.8) is 0 Å². The first-order valence-electron chi connectivity index (χ1n) is 19.9. The highest BCUT2D eigenvalue weighted by Crippen LogP contribution is 2.41. The fourth-order valence-electron chi connectivity index (χ4n) is 5.93. The lowest BCUT2D eigenvalue weighted by Crippen LogP contribution is -2.50. The molecule has 0 aromatic heterocycles. The lowest BCUT2D eigenvalue weighted by molar-refractivity contribution is -0.156. The first-order chi connectivity index (χ1) is 23.1. The fourth-order valence-corrected chi connectivity index (χ4v) is 8.96. The highest BCUT2D eigenvalue weighted by molar-refractivity contribution is 6.74. The predicted molar refractivity (Wildman–Crippen MR) is 224 cm³/mol. The molecule has 0 spiro atoms. The standard InChI is InChI=1S/C21H44O4Si.C19H40O3Si.C2H4O/c1-13(2)19(24-17(7)22)15(5)18(23)16(6)20(14(3)4)25-26(11,12)21(8,9)10;1-12(2)16(20)14(5)17(21)15(6)18(13(3)4)22-23(10,11)19(7,8)9;1-2-3/h13-16,18-20,23H,1-12H3;12-16,18,20H,1-11H3;2H,1H3/t15-,16+,18+,19-,20-;14-,15-,16+,18+;/m10./s1. The van der Waals surface area contributed by atoms with Gasteiger partial charge in [0.15, 0.2) is 16.6 Å². The molecule has 0 aliphatic heterocycles. The smallest absolute Gasteiger partial charge is 0.302 e. The Labute approximate surface area is 324 Å². The maximum absolute atomic E-state index is 12.8. The third-order valence-electron chi connectivity index (χ3n) is 11.4. The van der Waals surface area contributed by atoms with Gasteiger partial charge in [0, 0.05) is 30.6 Å². The van der Waals surface area contributed by atoms with Crippen LogP contribution in [0.1, 0.15) is 138 Å². The molecule has 2 N–H and O–H groups in total. The molecule has 0 radical (unpaired) electrons. The van der Waals surface area contributed by atoms with Crippen LogP contribution in [-0.4, -0.2) is 75.4 Å². The molecule has 0 unspecified atom stereocenters. The van der Waals surface area contributed by atoms with E-state index in [2.05, 4.69) is 102 Å². The summed E-state index contributed by atoms with van der Waals surface area (Å²) in [7, 11) is -3.88. The van der Waals surface area contributed by atoms with Crippen LogP contribution < -0.4 is 0 Å². The zero-order valence-corrected chi connectivity index (χ0v) is 40.4. The molecule has 0 fully saturated rings. The van der Waals surface area contributed by atoms with E-state index < -0.39 is 28.8 Å². The van der Waals surface area contributed by atoms with Crippen LogP contribution in [0, 0.1) is 47.3 Å². The molecule has 0 aliphatic carbocycles. The predicted octanol–water partition coefficient (Wildman–Crippen LogP) is 10.3. The van der Waals surface area contributed by atoms with Crippen molar-refractivity contribution < 1.29 is 38.2 Å². The third-order valence-corrected chi connectivity index (χ3v) is 20.4. The van der Waals surface area contributed by atoms with Crippen LogP contribution in [-0.2, 0) is 28.0 Å². The number of Topliss-reactive ketones (excluding diaryl/α,β-unsaturated/α-hetero) is 1. The molecule has 0 aromatic rings. The number of ether oxygens (including phenoxy) is 1. The van der Waals surface area contributed by atoms with Crippen molar-refractivity contribution >= 4 is 34.7 Å². The SMILES string of the molecule is CC(=O)O[C@H](C(C)C)[C@H](C)[C@H](O)[C@H](C)[C@H](O[Si](C)(C)C(C)(C)C)C(C)C.CC(C)[C@@H](O)[C@H](C)C(=O)[C@H](C)[C@H](O[Si](C)(C)C(C)(C)C)C(C)C.CC=O. The number of hydrogen-bond acceptors (Lipinski definition) is 8. The quantitative estimate of drug-likeness (QED) is 0.0851. The molecular weight excluding hydrogens is 689 g/mol.